The van der Waals surface area contributed by atoms with Crippen molar-refractivity contribution in [3.63, 3.8) is 0 Å². The molecule has 0 fully saturated rings. The van der Waals surface area contributed by atoms with Crippen LogP contribution in [0.2, 0.25) is 0 Å². The Labute approximate surface area is 180 Å². The molecule has 0 unspecified atom stereocenters. The minimum Gasteiger partial charge on any atom is -0.478 e. The Morgan fingerprint density at radius 3 is 2.13 bits per heavy atom. The molecule has 2 aromatic carbocycles. The zero-order valence-corrected chi connectivity index (χ0v) is 19.0. The van der Waals surface area contributed by atoms with E-state index in [2.05, 4.69) is 18.6 Å². The van der Waals surface area contributed by atoms with Crippen LogP contribution in [0, 0.1) is 5.92 Å². The van der Waals surface area contributed by atoms with E-state index in [1.54, 1.807) is 24.3 Å². The van der Waals surface area contributed by atoms with Gasteiger partial charge in [-0.2, -0.15) is 0 Å². The molecule has 2 rings (SSSR count). The number of hydrogen-bond donors (Lipinski definition) is 2. The van der Waals surface area contributed by atoms with Crippen molar-refractivity contribution >= 4 is 27.4 Å². The Hall–Kier alpha value is -2.54. The highest BCUT2D eigenvalue weighted by atomic mass is 32.2. The van der Waals surface area contributed by atoms with E-state index in [1.807, 2.05) is 30.9 Å². The number of anilines is 2. The van der Waals surface area contributed by atoms with Crippen molar-refractivity contribution in [3.05, 3.63) is 53.6 Å². The molecular formula is C23H32N2O4S. The monoisotopic (exact) mass is 432 g/mol. The van der Waals surface area contributed by atoms with Gasteiger partial charge in [0.15, 0.2) is 0 Å². The maximum atomic E-state index is 12.8. The van der Waals surface area contributed by atoms with Gasteiger partial charge in [-0.25, -0.2) is 13.2 Å². The summed E-state index contributed by atoms with van der Waals surface area (Å²) in [6, 6.07) is 11.5. The van der Waals surface area contributed by atoms with Crippen molar-refractivity contribution in [2.45, 2.75) is 51.9 Å². The fraction of sp³-hybridized carbons (Fsp3) is 0.435. The van der Waals surface area contributed by atoms with Gasteiger partial charge in [-0.15, -0.1) is 0 Å². The second kappa shape index (κ2) is 10.5. The van der Waals surface area contributed by atoms with Gasteiger partial charge in [0.25, 0.3) is 10.0 Å². The molecular weight excluding hydrogens is 400 g/mol. The van der Waals surface area contributed by atoms with E-state index in [1.165, 1.54) is 6.07 Å². The third-order valence-corrected chi connectivity index (χ3v) is 6.08. The van der Waals surface area contributed by atoms with Crippen LogP contribution in [0.3, 0.4) is 0 Å². The van der Waals surface area contributed by atoms with E-state index in [9.17, 15) is 18.3 Å². The molecule has 0 aromatic heterocycles. The Morgan fingerprint density at radius 1 is 1.03 bits per heavy atom. The summed E-state index contributed by atoms with van der Waals surface area (Å²) in [6.45, 7) is 9.77. The van der Waals surface area contributed by atoms with E-state index < -0.39 is 16.0 Å². The van der Waals surface area contributed by atoms with Crippen molar-refractivity contribution in [1.82, 2.24) is 0 Å². The second-order valence-electron chi connectivity index (χ2n) is 7.87. The fourth-order valence-corrected chi connectivity index (χ4v) is 4.48. The molecule has 0 saturated heterocycles. The van der Waals surface area contributed by atoms with Crippen molar-refractivity contribution in [2.75, 3.05) is 22.7 Å². The first-order valence-corrected chi connectivity index (χ1v) is 11.9. The molecule has 0 amide bonds. The van der Waals surface area contributed by atoms with Crippen LogP contribution in [0.4, 0.5) is 11.4 Å². The smallest absolute Gasteiger partial charge is 0.337 e. The van der Waals surface area contributed by atoms with Crippen LogP contribution in [0.1, 0.15) is 56.5 Å². The summed E-state index contributed by atoms with van der Waals surface area (Å²) in [5, 5.41) is 9.69. The molecule has 0 spiro atoms. The average Bonchev–Trinajstić information content (AvgIpc) is 2.67. The van der Waals surface area contributed by atoms with Crippen molar-refractivity contribution in [3.8, 4) is 0 Å². The van der Waals surface area contributed by atoms with Gasteiger partial charge in [0.1, 0.15) is 0 Å². The highest BCUT2D eigenvalue weighted by Gasteiger charge is 2.19. The summed E-state index contributed by atoms with van der Waals surface area (Å²) in [5.41, 5.74) is 2.00. The van der Waals surface area contributed by atoms with E-state index in [-0.39, 0.29) is 16.1 Å². The minimum atomic E-state index is -3.81. The summed E-state index contributed by atoms with van der Waals surface area (Å²) in [4.78, 5) is 14.0. The number of sulfonamides is 1. The molecule has 7 heteroatoms. The molecule has 0 bridgehead atoms. The topological polar surface area (TPSA) is 86.7 Å². The fourth-order valence-electron chi connectivity index (χ4n) is 3.43. The van der Waals surface area contributed by atoms with Gasteiger partial charge in [0.2, 0.25) is 0 Å². The summed E-state index contributed by atoms with van der Waals surface area (Å²) in [6.07, 6.45) is 2.66. The third kappa shape index (κ3) is 6.23. The van der Waals surface area contributed by atoms with Gasteiger partial charge in [-0.3, -0.25) is 4.72 Å². The molecule has 0 saturated carbocycles. The molecule has 6 nitrogen and oxygen atoms in total. The van der Waals surface area contributed by atoms with Crippen LogP contribution in [0.25, 0.3) is 0 Å². The standard InChI is InChI=1S/C23H32N2O4S/c1-5-13-25(14-6-2)22-12-9-19(16-21(22)23(26)27)24-30(28,29)20-10-7-18(8-11-20)15-17(3)4/h7-12,16-17,24H,5-6,13-15H2,1-4H3,(H,26,27). The molecule has 0 heterocycles. The molecule has 0 aliphatic rings. The number of nitrogens with one attached hydrogen (secondary N) is 1. The van der Waals surface area contributed by atoms with E-state index in [0.717, 1.165) is 37.9 Å². The summed E-state index contributed by atoms with van der Waals surface area (Å²) < 4.78 is 28.1. The zero-order chi connectivity index (χ0) is 22.3. The van der Waals surface area contributed by atoms with Gasteiger partial charge in [-0.1, -0.05) is 39.8 Å². The van der Waals surface area contributed by atoms with Crippen LogP contribution in [0.15, 0.2) is 47.4 Å². The molecule has 164 valence electrons. The average molecular weight is 433 g/mol. The Morgan fingerprint density at radius 2 is 1.63 bits per heavy atom. The van der Waals surface area contributed by atoms with E-state index in [4.69, 9.17) is 0 Å². The lowest BCUT2D eigenvalue weighted by molar-refractivity contribution is 0.0697. The Kier molecular flexibility index (Phi) is 8.29. The van der Waals surface area contributed by atoms with Crippen molar-refractivity contribution in [1.29, 1.82) is 0 Å². The van der Waals surface area contributed by atoms with Crippen LogP contribution in [0.5, 0.6) is 0 Å². The molecule has 30 heavy (non-hydrogen) atoms. The van der Waals surface area contributed by atoms with Gasteiger partial charge in [-0.05, 0) is 61.1 Å². The lowest BCUT2D eigenvalue weighted by atomic mass is 10.0. The maximum Gasteiger partial charge on any atom is 0.337 e. The largest absolute Gasteiger partial charge is 0.478 e. The number of aromatic carboxylic acids is 1. The number of hydrogen-bond acceptors (Lipinski definition) is 4. The van der Waals surface area contributed by atoms with Crippen LogP contribution in [-0.4, -0.2) is 32.6 Å². The maximum absolute atomic E-state index is 12.8. The molecule has 0 aliphatic heterocycles. The van der Waals surface area contributed by atoms with Crippen molar-refractivity contribution in [2.24, 2.45) is 5.92 Å². The summed E-state index contributed by atoms with van der Waals surface area (Å²) >= 11 is 0. The highest BCUT2D eigenvalue weighted by Crippen LogP contribution is 2.27. The van der Waals surface area contributed by atoms with Crippen LogP contribution in [-0.2, 0) is 16.4 Å². The van der Waals surface area contributed by atoms with Gasteiger partial charge in [0, 0.05) is 18.8 Å². The van der Waals surface area contributed by atoms with Gasteiger partial charge < -0.3 is 10.0 Å². The van der Waals surface area contributed by atoms with Crippen LogP contribution >= 0.6 is 0 Å². The number of benzene rings is 2. The second-order valence-corrected chi connectivity index (χ2v) is 9.55. The van der Waals surface area contributed by atoms with Gasteiger partial charge in [0.05, 0.1) is 16.1 Å². The van der Waals surface area contributed by atoms with Crippen molar-refractivity contribution < 1.29 is 18.3 Å². The number of rotatable bonds is 11. The lowest BCUT2D eigenvalue weighted by Gasteiger charge is -2.25. The number of nitrogens with zero attached hydrogens (tertiary/aromatic N) is 1. The first-order valence-electron chi connectivity index (χ1n) is 10.4. The first-order chi connectivity index (χ1) is 14.2. The number of carboxylic acids is 1. The van der Waals surface area contributed by atoms with E-state index in [0.29, 0.717) is 11.6 Å². The Balaban J connectivity index is 2.31. The third-order valence-electron chi connectivity index (χ3n) is 4.68. The minimum absolute atomic E-state index is 0.0874. The predicted molar refractivity (Wildman–Crippen MR) is 122 cm³/mol. The molecule has 0 radical (unpaired) electrons. The van der Waals surface area contributed by atoms with Crippen LogP contribution < -0.4 is 9.62 Å². The Bertz CT molecular complexity index is 948. The predicted octanol–water partition coefficient (Wildman–Crippen LogP) is 5.01. The first kappa shape index (κ1) is 23.7. The highest BCUT2D eigenvalue weighted by molar-refractivity contribution is 7.92. The lowest BCUT2D eigenvalue weighted by Crippen LogP contribution is -2.27. The number of carboxylic acid groups (broad SMARTS) is 1. The molecule has 2 aromatic rings. The normalized spacial score (nSPS) is 11.5. The summed E-state index contributed by atoms with van der Waals surface area (Å²) in [7, 11) is -3.81. The SMILES string of the molecule is CCCN(CCC)c1ccc(NS(=O)(=O)c2ccc(CC(C)C)cc2)cc1C(=O)O. The quantitative estimate of drug-likeness (QED) is 0.521. The summed E-state index contributed by atoms with van der Waals surface area (Å²) in [5.74, 6) is -0.597. The zero-order valence-electron chi connectivity index (χ0n) is 18.2. The van der Waals surface area contributed by atoms with E-state index >= 15 is 0 Å². The molecule has 2 N–H and O–H groups in total. The molecule has 0 aliphatic carbocycles. The van der Waals surface area contributed by atoms with Gasteiger partial charge >= 0.3 is 5.97 Å². The number of carbonyl (C=O) groups is 1. The molecule has 0 atom stereocenters.